The lowest BCUT2D eigenvalue weighted by Gasteiger charge is -1.96. The first kappa shape index (κ1) is 5.87. The fourth-order valence-electron chi connectivity index (χ4n) is 0.362. The molecule has 1 aromatic rings. The zero-order valence-electron chi connectivity index (χ0n) is 4.21. The van der Waals surface area contributed by atoms with Crippen molar-refractivity contribution < 1.29 is 13.5 Å². The maximum absolute atomic E-state index is 12.0. The topological polar surface area (TPSA) is 39.8 Å². The average molecular weight is 132 g/mol. The van der Waals surface area contributed by atoms with Crippen molar-refractivity contribution in [2.45, 2.75) is 0 Å². The molecule has 0 N–H and O–H groups in total. The summed E-state index contributed by atoms with van der Waals surface area (Å²) in [4.78, 5) is 2.88. The van der Waals surface area contributed by atoms with Crippen molar-refractivity contribution in [3.8, 4) is 0 Å². The predicted octanol–water partition coefficient (Wildman–Crippen LogP) is -0.00680. The summed E-state index contributed by atoms with van der Waals surface area (Å²) in [6, 6.07) is 0.410. The Bertz CT molecular complexity index is 228. The molecule has 0 radical (unpaired) electrons. The molecule has 0 spiro atoms. The molecule has 0 atom stereocenters. The standard InChI is InChI=1S/C4H2F2N2O/c5-3-1-4(6)8(9)2-7-3/h1-2H. The van der Waals surface area contributed by atoms with Crippen LogP contribution in [0.1, 0.15) is 0 Å². The highest BCUT2D eigenvalue weighted by Gasteiger charge is 2.03. The van der Waals surface area contributed by atoms with Gasteiger partial charge < -0.3 is 5.21 Å². The van der Waals surface area contributed by atoms with E-state index in [0.29, 0.717) is 12.4 Å². The second-order valence-electron chi connectivity index (χ2n) is 1.36. The maximum Gasteiger partial charge on any atom is 0.327 e. The highest BCUT2D eigenvalue weighted by Crippen LogP contribution is 1.89. The summed E-state index contributed by atoms with van der Waals surface area (Å²) in [6.45, 7) is 0. The first-order valence-electron chi connectivity index (χ1n) is 2.10. The fourth-order valence-corrected chi connectivity index (χ4v) is 0.362. The van der Waals surface area contributed by atoms with E-state index in [1.165, 1.54) is 0 Å². The number of hydrogen-bond donors (Lipinski definition) is 0. The lowest BCUT2D eigenvalue weighted by Crippen LogP contribution is -2.31. The van der Waals surface area contributed by atoms with Gasteiger partial charge in [0.1, 0.15) is 0 Å². The predicted molar refractivity (Wildman–Crippen MR) is 23.1 cm³/mol. The SMILES string of the molecule is [O-][n+]1cnc(F)cc1F. The van der Waals surface area contributed by atoms with Gasteiger partial charge in [-0.1, -0.05) is 0 Å². The number of aromatic nitrogens is 2. The Hall–Kier alpha value is -1.26. The molecule has 0 aliphatic rings. The van der Waals surface area contributed by atoms with E-state index >= 15 is 0 Å². The summed E-state index contributed by atoms with van der Waals surface area (Å²) in [6.07, 6.45) is 0.519. The van der Waals surface area contributed by atoms with Gasteiger partial charge in [-0.2, -0.15) is 8.78 Å². The molecule has 0 aliphatic carbocycles. The zero-order valence-corrected chi connectivity index (χ0v) is 4.21. The Morgan fingerprint density at radius 2 is 2.22 bits per heavy atom. The van der Waals surface area contributed by atoms with Gasteiger partial charge in [0.25, 0.3) is 12.3 Å². The minimum atomic E-state index is -1.19. The number of hydrogen-bond acceptors (Lipinski definition) is 2. The van der Waals surface area contributed by atoms with Crippen LogP contribution in [0.25, 0.3) is 0 Å². The van der Waals surface area contributed by atoms with E-state index in [-0.39, 0.29) is 4.73 Å². The third-order valence-electron chi connectivity index (χ3n) is 0.735. The Morgan fingerprint density at radius 3 is 2.67 bits per heavy atom. The molecule has 0 fully saturated rings. The lowest BCUT2D eigenvalue weighted by atomic mass is 10.6. The molecule has 5 heteroatoms. The smallest absolute Gasteiger partial charge is 0.327 e. The Balaban J connectivity index is 3.17. The number of halogens is 2. The second kappa shape index (κ2) is 1.93. The molecule has 0 aliphatic heterocycles. The van der Waals surface area contributed by atoms with Crippen molar-refractivity contribution in [1.82, 2.24) is 4.98 Å². The summed E-state index contributed by atoms with van der Waals surface area (Å²) in [5.74, 6) is -2.19. The third kappa shape index (κ3) is 1.10. The molecule has 0 saturated carbocycles. The number of nitrogens with zero attached hydrogens (tertiary/aromatic N) is 2. The van der Waals surface area contributed by atoms with E-state index in [4.69, 9.17) is 0 Å². The fraction of sp³-hybridized carbons (Fsp3) is 0. The molecule has 0 saturated heterocycles. The van der Waals surface area contributed by atoms with Crippen LogP contribution in [-0.2, 0) is 0 Å². The van der Waals surface area contributed by atoms with E-state index in [9.17, 15) is 14.0 Å². The first-order chi connectivity index (χ1) is 4.20. The van der Waals surface area contributed by atoms with Crippen molar-refractivity contribution in [2.75, 3.05) is 0 Å². The molecule has 1 aromatic heterocycles. The Morgan fingerprint density at radius 1 is 1.56 bits per heavy atom. The minimum absolute atomic E-state index is 0.164. The van der Waals surface area contributed by atoms with Crippen molar-refractivity contribution >= 4 is 0 Å². The normalized spacial score (nSPS) is 9.56. The van der Waals surface area contributed by atoms with Crippen LogP contribution in [-0.4, -0.2) is 4.98 Å². The van der Waals surface area contributed by atoms with E-state index < -0.39 is 11.9 Å². The quantitative estimate of drug-likeness (QED) is 0.283. The summed E-state index contributed by atoms with van der Waals surface area (Å²) < 4.78 is 23.6. The van der Waals surface area contributed by atoms with Crippen molar-refractivity contribution in [3.63, 3.8) is 0 Å². The van der Waals surface area contributed by atoms with E-state index in [1.807, 2.05) is 0 Å². The molecular weight excluding hydrogens is 130 g/mol. The van der Waals surface area contributed by atoms with E-state index in [1.54, 1.807) is 0 Å². The summed E-state index contributed by atoms with van der Waals surface area (Å²) in [5.41, 5.74) is 0. The van der Waals surface area contributed by atoms with Crippen molar-refractivity contribution in [2.24, 2.45) is 0 Å². The summed E-state index contributed by atoms with van der Waals surface area (Å²) in [5, 5.41) is 10.1. The highest BCUT2D eigenvalue weighted by molar-refractivity contribution is 4.78. The molecule has 1 rings (SSSR count). The van der Waals surface area contributed by atoms with Crippen LogP contribution < -0.4 is 4.73 Å². The van der Waals surface area contributed by atoms with Gasteiger partial charge >= 0.3 is 5.95 Å². The van der Waals surface area contributed by atoms with Crippen LogP contribution in [0.15, 0.2) is 12.4 Å². The summed E-state index contributed by atoms with van der Waals surface area (Å²) in [7, 11) is 0. The van der Waals surface area contributed by atoms with Crippen molar-refractivity contribution in [3.05, 3.63) is 29.5 Å². The van der Waals surface area contributed by atoms with Gasteiger partial charge in [0, 0.05) is 0 Å². The van der Waals surface area contributed by atoms with E-state index in [2.05, 4.69) is 4.98 Å². The van der Waals surface area contributed by atoms with Gasteiger partial charge in [0.05, 0.1) is 6.07 Å². The van der Waals surface area contributed by atoms with E-state index in [0.717, 1.165) is 0 Å². The monoisotopic (exact) mass is 132 g/mol. The summed E-state index contributed by atoms with van der Waals surface area (Å²) >= 11 is 0. The molecule has 0 amide bonds. The Labute approximate surface area is 49.2 Å². The van der Waals surface area contributed by atoms with Gasteiger partial charge in [-0.05, 0) is 4.98 Å². The molecule has 1 heterocycles. The van der Waals surface area contributed by atoms with Crippen LogP contribution in [0.4, 0.5) is 8.78 Å². The first-order valence-corrected chi connectivity index (χ1v) is 2.10. The molecular formula is C4H2F2N2O. The zero-order chi connectivity index (χ0) is 6.85. The maximum atomic E-state index is 12.0. The molecule has 0 bridgehead atoms. The molecule has 0 unspecified atom stereocenters. The highest BCUT2D eigenvalue weighted by atomic mass is 19.1. The third-order valence-corrected chi connectivity index (χ3v) is 0.735. The molecule has 0 aromatic carbocycles. The van der Waals surface area contributed by atoms with Gasteiger partial charge in [-0.3, -0.25) is 0 Å². The molecule has 9 heavy (non-hydrogen) atoms. The average Bonchev–Trinajstić information content (AvgIpc) is 1.80. The van der Waals surface area contributed by atoms with Crippen LogP contribution >= 0.6 is 0 Å². The van der Waals surface area contributed by atoms with Crippen LogP contribution in [0.3, 0.4) is 0 Å². The van der Waals surface area contributed by atoms with Crippen LogP contribution in [0.2, 0.25) is 0 Å². The lowest BCUT2D eigenvalue weighted by molar-refractivity contribution is -0.640. The largest absolute Gasteiger partial charge is 0.709 e. The minimum Gasteiger partial charge on any atom is -0.709 e. The van der Waals surface area contributed by atoms with Gasteiger partial charge in [-0.25, -0.2) is 4.73 Å². The van der Waals surface area contributed by atoms with Crippen molar-refractivity contribution in [1.29, 1.82) is 0 Å². The Kier molecular flexibility index (Phi) is 1.26. The van der Waals surface area contributed by atoms with Crippen LogP contribution in [0, 0.1) is 17.1 Å². The van der Waals surface area contributed by atoms with Gasteiger partial charge in [-0.15, -0.1) is 0 Å². The number of rotatable bonds is 0. The molecule has 3 nitrogen and oxygen atoms in total. The van der Waals surface area contributed by atoms with Gasteiger partial charge in [0.15, 0.2) is 0 Å². The molecule has 48 valence electrons. The van der Waals surface area contributed by atoms with Gasteiger partial charge in [0.2, 0.25) is 0 Å². The van der Waals surface area contributed by atoms with Crippen LogP contribution in [0.5, 0.6) is 0 Å². The second-order valence-corrected chi connectivity index (χ2v) is 1.36.